The number of aliphatic hydroxyl groups excluding tert-OH is 1. The summed E-state index contributed by atoms with van der Waals surface area (Å²) in [5.74, 6) is 1.35. The zero-order valence-corrected chi connectivity index (χ0v) is 10.8. The van der Waals surface area contributed by atoms with Gasteiger partial charge in [0.25, 0.3) is 5.91 Å². The van der Waals surface area contributed by atoms with Crippen LogP contribution in [-0.4, -0.2) is 17.6 Å². The van der Waals surface area contributed by atoms with E-state index in [1.807, 2.05) is 18.2 Å². The summed E-state index contributed by atoms with van der Waals surface area (Å²) in [6.45, 7) is 0.274. The molecule has 0 saturated heterocycles. The van der Waals surface area contributed by atoms with Crippen LogP contribution in [0.15, 0.2) is 40.8 Å². The number of carbonyl (C=O) groups is 1. The summed E-state index contributed by atoms with van der Waals surface area (Å²) in [7, 11) is 0. The molecule has 0 saturated carbocycles. The number of furan rings is 1. The van der Waals surface area contributed by atoms with Gasteiger partial charge in [-0.2, -0.15) is 0 Å². The molecule has 20 heavy (non-hydrogen) atoms. The van der Waals surface area contributed by atoms with Crippen molar-refractivity contribution in [2.75, 3.05) is 11.9 Å². The van der Waals surface area contributed by atoms with Gasteiger partial charge < -0.3 is 25.3 Å². The summed E-state index contributed by atoms with van der Waals surface area (Å²) in [6, 6.07) is 10.7. The number of hydrogen-bond donors (Lipinski definition) is 3. The second-order valence-corrected chi connectivity index (χ2v) is 4.16. The molecule has 0 aliphatic carbocycles. The quantitative estimate of drug-likeness (QED) is 0.707. The molecule has 2 aromatic rings. The monoisotopic (exact) mass is 276 g/mol. The van der Waals surface area contributed by atoms with Crippen molar-refractivity contribution < 1.29 is 19.1 Å². The normalized spacial score (nSPS) is 10.2. The summed E-state index contributed by atoms with van der Waals surface area (Å²) >= 11 is 0. The molecule has 0 fully saturated rings. The number of nitrogens with one attached hydrogen (secondary N) is 1. The predicted molar refractivity (Wildman–Crippen MR) is 73.1 cm³/mol. The number of carbonyl (C=O) groups excluding carboxylic acids is 1. The van der Waals surface area contributed by atoms with Gasteiger partial charge in [0.2, 0.25) is 0 Å². The lowest BCUT2D eigenvalue weighted by molar-refractivity contribution is -0.119. The van der Waals surface area contributed by atoms with E-state index in [-0.39, 0.29) is 13.2 Å². The van der Waals surface area contributed by atoms with Crippen LogP contribution in [0.2, 0.25) is 0 Å². The topological polar surface area (TPSA) is 97.7 Å². The highest BCUT2D eigenvalue weighted by atomic mass is 16.5. The SMILES string of the molecule is NC(=O)COc1ccc(NCc2ccc(CO)o2)cc1. The summed E-state index contributed by atoms with van der Waals surface area (Å²) in [5.41, 5.74) is 5.88. The molecule has 0 aliphatic rings. The Kier molecular flexibility index (Phi) is 4.62. The van der Waals surface area contributed by atoms with E-state index >= 15 is 0 Å². The summed E-state index contributed by atoms with van der Waals surface area (Å²) in [5, 5.41) is 12.1. The first-order chi connectivity index (χ1) is 9.67. The van der Waals surface area contributed by atoms with Gasteiger partial charge in [0.1, 0.15) is 23.9 Å². The van der Waals surface area contributed by atoms with Gasteiger partial charge in [-0.1, -0.05) is 0 Å². The second kappa shape index (κ2) is 6.63. The van der Waals surface area contributed by atoms with Crippen LogP contribution >= 0.6 is 0 Å². The molecule has 0 unspecified atom stereocenters. The van der Waals surface area contributed by atoms with E-state index in [0.717, 1.165) is 11.4 Å². The molecule has 4 N–H and O–H groups in total. The standard InChI is InChI=1S/C14H16N2O4/c15-14(18)9-19-11-3-1-10(2-4-11)16-7-12-5-6-13(8-17)20-12/h1-6,16-17H,7-9H2,(H2,15,18). The van der Waals surface area contributed by atoms with E-state index in [0.29, 0.717) is 18.1 Å². The fourth-order valence-electron chi connectivity index (χ4n) is 1.61. The minimum atomic E-state index is -0.510. The Morgan fingerprint density at radius 2 is 1.90 bits per heavy atom. The zero-order chi connectivity index (χ0) is 14.4. The smallest absolute Gasteiger partial charge is 0.255 e. The summed E-state index contributed by atoms with van der Waals surface area (Å²) in [4.78, 5) is 10.6. The predicted octanol–water partition coefficient (Wildman–Crippen LogP) is 1.25. The number of hydrogen-bond acceptors (Lipinski definition) is 5. The van der Waals surface area contributed by atoms with Crippen molar-refractivity contribution in [1.29, 1.82) is 0 Å². The van der Waals surface area contributed by atoms with Crippen molar-refractivity contribution in [2.24, 2.45) is 5.73 Å². The van der Waals surface area contributed by atoms with Crippen LogP contribution in [0.25, 0.3) is 0 Å². The molecule has 6 nitrogen and oxygen atoms in total. The number of anilines is 1. The van der Waals surface area contributed by atoms with E-state index in [1.165, 1.54) is 0 Å². The summed E-state index contributed by atoms with van der Waals surface area (Å²) < 4.78 is 10.5. The first kappa shape index (κ1) is 14.0. The maximum Gasteiger partial charge on any atom is 0.255 e. The third kappa shape index (κ3) is 4.03. The molecule has 1 aromatic carbocycles. The minimum Gasteiger partial charge on any atom is -0.484 e. The second-order valence-electron chi connectivity index (χ2n) is 4.16. The zero-order valence-electron chi connectivity index (χ0n) is 10.8. The average Bonchev–Trinajstić information content (AvgIpc) is 2.92. The number of benzene rings is 1. The van der Waals surface area contributed by atoms with Crippen LogP contribution in [-0.2, 0) is 17.9 Å². The molecule has 0 radical (unpaired) electrons. The molecule has 6 heteroatoms. The van der Waals surface area contributed by atoms with E-state index in [2.05, 4.69) is 5.32 Å². The maximum atomic E-state index is 10.6. The van der Waals surface area contributed by atoms with Crippen LogP contribution < -0.4 is 15.8 Å². The van der Waals surface area contributed by atoms with Crippen molar-refractivity contribution in [3.63, 3.8) is 0 Å². The molecule has 0 atom stereocenters. The lowest BCUT2D eigenvalue weighted by Gasteiger charge is -2.07. The van der Waals surface area contributed by atoms with Gasteiger partial charge in [-0.15, -0.1) is 0 Å². The van der Waals surface area contributed by atoms with Gasteiger partial charge in [-0.25, -0.2) is 0 Å². The van der Waals surface area contributed by atoms with E-state index < -0.39 is 5.91 Å². The number of ether oxygens (including phenoxy) is 1. The van der Waals surface area contributed by atoms with Gasteiger partial charge in [-0.3, -0.25) is 4.79 Å². The number of nitrogens with two attached hydrogens (primary N) is 1. The highest BCUT2D eigenvalue weighted by Gasteiger charge is 2.02. The Hall–Kier alpha value is -2.47. The Balaban J connectivity index is 1.85. The minimum absolute atomic E-state index is 0.105. The lowest BCUT2D eigenvalue weighted by atomic mass is 10.3. The largest absolute Gasteiger partial charge is 0.484 e. The molecule has 0 bridgehead atoms. The van der Waals surface area contributed by atoms with Crippen LogP contribution in [0.4, 0.5) is 5.69 Å². The van der Waals surface area contributed by atoms with E-state index in [1.54, 1.807) is 18.2 Å². The molecular weight excluding hydrogens is 260 g/mol. The van der Waals surface area contributed by atoms with Crippen molar-refractivity contribution in [2.45, 2.75) is 13.2 Å². The van der Waals surface area contributed by atoms with Crippen molar-refractivity contribution in [3.05, 3.63) is 47.9 Å². The first-order valence-corrected chi connectivity index (χ1v) is 6.11. The molecule has 0 spiro atoms. The number of primary amides is 1. The Bertz CT molecular complexity index is 563. The Morgan fingerprint density at radius 1 is 1.20 bits per heavy atom. The number of rotatable bonds is 7. The molecule has 1 heterocycles. The third-order valence-corrected chi connectivity index (χ3v) is 2.58. The average molecular weight is 276 g/mol. The van der Waals surface area contributed by atoms with E-state index in [9.17, 15) is 4.79 Å². The van der Waals surface area contributed by atoms with E-state index in [4.69, 9.17) is 20.0 Å². The third-order valence-electron chi connectivity index (χ3n) is 2.58. The molecule has 1 aromatic heterocycles. The van der Waals surface area contributed by atoms with Crippen LogP contribution in [0.1, 0.15) is 11.5 Å². The van der Waals surface area contributed by atoms with Gasteiger partial charge in [0.05, 0.1) is 6.54 Å². The van der Waals surface area contributed by atoms with Crippen molar-refractivity contribution in [1.82, 2.24) is 0 Å². The van der Waals surface area contributed by atoms with Crippen molar-refractivity contribution in [3.8, 4) is 5.75 Å². The highest BCUT2D eigenvalue weighted by molar-refractivity contribution is 5.75. The number of aliphatic hydroxyl groups is 1. The molecule has 106 valence electrons. The highest BCUT2D eigenvalue weighted by Crippen LogP contribution is 2.17. The van der Waals surface area contributed by atoms with Gasteiger partial charge in [0.15, 0.2) is 6.61 Å². The fourth-order valence-corrected chi connectivity index (χ4v) is 1.61. The lowest BCUT2D eigenvalue weighted by Crippen LogP contribution is -2.19. The summed E-state index contributed by atoms with van der Waals surface area (Å²) in [6.07, 6.45) is 0. The molecular formula is C14H16N2O4. The van der Waals surface area contributed by atoms with Crippen LogP contribution in [0, 0.1) is 0 Å². The van der Waals surface area contributed by atoms with Crippen molar-refractivity contribution >= 4 is 11.6 Å². The molecule has 1 amide bonds. The fraction of sp³-hybridized carbons (Fsp3) is 0.214. The van der Waals surface area contributed by atoms with Crippen LogP contribution in [0.3, 0.4) is 0 Å². The Morgan fingerprint density at radius 3 is 2.50 bits per heavy atom. The van der Waals surface area contributed by atoms with Gasteiger partial charge >= 0.3 is 0 Å². The molecule has 2 rings (SSSR count). The number of amides is 1. The maximum absolute atomic E-state index is 10.6. The molecule has 0 aliphatic heterocycles. The van der Waals surface area contributed by atoms with Crippen LogP contribution in [0.5, 0.6) is 5.75 Å². The van der Waals surface area contributed by atoms with Gasteiger partial charge in [-0.05, 0) is 36.4 Å². The Labute approximate surface area is 116 Å². The van der Waals surface area contributed by atoms with Gasteiger partial charge in [0, 0.05) is 5.69 Å². The first-order valence-electron chi connectivity index (χ1n) is 6.11.